The first-order valence-electron chi connectivity index (χ1n) is 6.48. The molecule has 1 aromatic rings. The van der Waals surface area contributed by atoms with Crippen LogP contribution < -0.4 is 0 Å². The number of hydrogen-bond acceptors (Lipinski definition) is 4. The minimum absolute atomic E-state index is 0.00609. The Balaban J connectivity index is 2.12. The van der Waals surface area contributed by atoms with Gasteiger partial charge in [-0.2, -0.15) is 0 Å². The number of carbonyl (C=O) groups is 2. The molecule has 0 amide bonds. The van der Waals surface area contributed by atoms with Gasteiger partial charge in [-0.25, -0.2) is 0 Å². The summed E-state index contributed by atoms with van der Waals surface area (Å²) >= 11 is 0. The van der Waals surface area contributed by atoms with Gasteiger partial charge >= 0.3 is 0 Å². The molecule has 2 atom stereocenters. The molecule has 1 heterocycles. The molecule has 3 rings (SSSR count). The first-order chi connectivity index (χ1) is 8.89. The zero-order valence-electron chi connectivity index (χ0n) is 11.0. The van der Waals surface area contributed by atoms with Crippen LogP contribution in [0.3, 0.4) is 0 Å². The molecule has 0 aromatic heterocycles. The van der Waals surface area contributed by atoms with Crippen molar-refractivity contribution in [3.63, 3.8) is 0 Å². The standard InChI is InChI=1S/C15H16O4/c1-15(2)6-5-10-12(17)13(18)11-7-8(16)3-4-9(11)14(10)19-15/h3-4,7,10,14,16H,5-6H2,1-2H3. The monoisotopic (exact) mass is 260 g/mol. The van der Waals surface area contributed by atoms with E-state index in [-0.39, 0.29) is 28.9 Å². The van der Waals surface area contributed by atoms with Gasteiger partial charge in [-0.15, -0.1) is 0 Å². The molecule has 1 aliphatic heterocycles. The third-order valence-corrected chi connectivity index (χ3v) is 4.02. The summed E-state index contributed by atoms with van der Waals surface area (Å²) in [5.41, 5.74) is 0.709. The number of fused-ring (bicyclic) bond motifs is 3. The lowest BCUT2D eigenvalue weighted by atomic mass is 9.74. The maximum absolute atomic E-state index is 12.1. The molecular weight excluding hydrogens is 244 g/mol. The highest BCUT2D eigenvalue weighted by Gasteiger charge is 2.47. The van der Waals surface area contributed by atoms with Crippen molar-refractivity contribution in [2.45, 2.75) is 38.4 Å². The van der Waals surface area contributed by atoms with Crippen LogP contribution in [0.5, 0.6) is 5.75 Å². The number of hydrogen-bond donors (Lipinski definition) is 1. The van der Waals surface area contributed by atoms with E-state index in [1.807, 2.05) is 13.8 Å². The summed E-state index contributed by atoms with van der Waals surface area (Å²) in [6.45, 7) is 3.98. The predicted octanol–water partition coefficient (Wildman–Crippen LogP) is 2.40. The van der Waals surface area contributed by atoms with Crippen molar-refractivity contribution in [2.24, 2.45) is 5.92 Å². The average Bonchev–Trinajstić information content (AvgIpc) is 2.35. The van der Waals surface area contributed by atoms with E-state index in [0.717, 1.165) is 12.0 Å². The van der Waals surface area contributed by atoms with Gasteiger partial charge in [0, 0.05) is 5.56 Å². The SMILES string of the molecule is CC1(C)CCC2C(=O)C(=O)c3cc(O)ccc3C2O1. The zero-order chi connectivity index (χ0) is 13.8. The number of phenols is 1. The van der Waals surface area contributed by atoms with Gasteiger partial charge in [-0.05, 0) is 44.4 Å². The number of carbonyl (C=O) groups excluding carboxylic acids is 2. The van der Waals surface area contributed by atoms with Crippen LogP contribution in [-0.4, -0.2) is 22.3 Å². The third kappa shape index (κ3) is 1.87. The quantitative estimate of drug-likeness (QED) is 0.727. The topological polar surface area (TPSA) is 63.6 Å². The fourth-order valence-electron chi connectivity index (χ4n) is 2.98. The van der Waals surface area contributed by atoms with Crippen molar-refractivity contribution in [3.8, 4) is 5.75 Å². The number of Topliss-reactive ketones (excluding diaryl/α,β-unsaturated/α-hetero) is 2. The molecule has 4 heteroatoms. The van der Waals surface area contributed by atoms with E-state index < -0.39 is 11.6 Å². The Labute approximate surface area is 111 Å². The molecule has 1 saturated heterocycles. The Morgan fingerprint density at radius 1 is 1.32 bits per heavy atom. The van der Waals surface area contributed by atoms with Crippen molar-refractivity contribution in [1.29, 1.82) is 0 Å². The van der Waals surface area contributed by atoms with Crippen molar-refractivity contribution < 1.29 is 19.4 Å². The lowest BCUT2D eigenvalue weighted by Gasteiger charge is -2.43. The largest absolute Gasteiger partial charge is 0.508 e. The Hall–Kier alpha value is -1.68. The van der Waals surface area contributed by atoms with E-state index in [9.17, 15) is 14.7 Å². The van der Waals surface area contributed by atoms with E-state index in [2.05, 4.69) is 0 Å². The third-order valence-electron chi connectivity index (χ3n) is 4.02. The van der Waals surface area contributed by atoms with Gasteiger partial charge in [0.1, 0.15) is 5.75 Å². The van der Waals surface area contributed by atoms with Gasteiger partial charge in [-0.1, -0.05) is 6.07 Å². The van der Waals surface area contributed by atoms with Crippen LogP contribution in [0.2, 0.25) is 0 Å². The second kappa shape index (κ2) is 3.90. The summed E-state index contributed by atoms with van der Waals surface area (Å²) in [6.07, 6.45) is 1.06. The average molecular weight is 260 g/mol. The number of benzene rings is 1. The zero-order valence-corrected chi connectivity index (χ0v) is 11.0. The first kappa shape index (κ1) is 12.4. The summed E-state index contributed by atoms with van der Waals surface area (Å²) in [7, 11) is 0. The fourth-order valence-corrected chi connectivity index (χ4v) is 2.98. The number of phenolic OH excluding ortho intramolecular Hbond substituents is 1. The van der Waals surface area contributed by atoms with Crippen LogP contribution in [-0.2, 0) is 9.53 Å². The molecule has 1 fully saturated rings. The lowest BCUT2D eigenvalue weighted by molar-refractivity contribution is -0.154. The van der Waals surface area contributed by atoms with Gasteiger partial charge in [0.25, 0.3) is 0 Å². The molecule has 2 aliphatic rings. The van der Waals surface area contributed by atoms with E-state index >= 15 is 0 Å². The lowest BCUT2D eigenvalue weighted by Crippen LogP contribution is -2.44. The Morgan fingerprint density at radius 3 is 2.79 bits per heavy atom. The molecule has 100 valence electrons. The van der Waals surface area contributed by atoms with Crippen LogP contribution in [0.15, 0.2) is 18.2 Å². The van der Waals surface area contributed by atoms with E-state index in [4.69, 9.17) is 4.74 Å². The van der Waals surface area contributed by atoms with Gasteiger partial charge in [-0.3, -0.25) is 9.59 Å². The smallest absolute Gasteiger partial charge is 0.229 e. The molecule has 0 radical (unpaired) electrons. The second-order valence-corrected chi connectivity index (χ2v) is 5.91. The van der Waals surface area contributed by atoms with Crippen LogP contribution >= 0.6 is 0 Å². The molecule has 1 aliphatic carbocycles. The van der Waals surface area contributed by atoms with Crippen LogP contribution in [0.1, 0.15) is 48.7 Å². The number of ketones is 2. The number of ether oxygens (including phenoxy) is 1. The summed E-state index contributed by atoms with van der Waals surface area (Å²) in [4.78, 5) is 24.2. The maximum Gasteiger partial charge on any atom is 0.229 e. The molecule has 2 unspecified atom stereocenters. The van der Waals surface area contributed by atoms with Crippen molar-refractivity contribution in [2.75, 3.05) is 0 Å². The Kier molecular flexibility index (Phi) is 2.54. The molecule has 19 heavy (non-hydrogen) atoms. The first-order valence-corrected chi connectivity index (χ1v) is 6.48. The highest BCUT2D eigenvalue weighted by Crippen LogP contribution is 2.45. The second-order valence-electron chi connectivity index (χ2n) is 5.91. The van der Waals surface area contributed by atoms with E-state index in [0.29, 0.717) is 6.42 Å². The maximum atomic E-state index is 12.1. The van der Waals surface area contributed by atoms with Crippen LogP contribution in [0, 0.1) is 5.92 Å². The molecular formula is C15H16O4. The van der Waals surface area contributed by atoms with E-state index in [1.165, 1.54) is 12.1 Å². The van der Waals surface area contributed by atoms with Crippen molar-refractivity contribution >= 4 is 11.6 Å². The summed E-state index contributed by atoms with van der Waals surface area (Å²) in [5, 5.41) is 9.49. The molecule has 1 N–H and O–H groups in total. The van der Waals surface area contributed by atoms with Crippen molar-refractivity contribution in [1.82, 2.24) is 0 Å². The molecule has 0 saturated carbocycles. The van der Waals surface area contributed by atoms with Crippen LogP contribution in [0.4, 0.5) is 0 Å². The van der Waals surface area contributed by atoms with Gasteiger partial charge in [0.15, 0.2) is 0 Å². The summed E-state index contributed by atoms with van der Waals surface area (Å²) in [5.74, 6) is -1.28. The van der Waals surface area contributed by atoms with Crippen molar-refractivity contribution in [3.05, 3.63) is 29.3 Å². The molecule has 0 spiro atoms. The molecule has 0 bridgehead atoms. The highest BCUT2D eigenvalue weighted by molar-refractivity contribution is 6.45. The fraction of sp³-hybridized carbons (Fsp3) is 0.467. The summed E-state index contributed by atoms with van der Waals surface area (Å²) < 4.78 is 6.01. The molecule has 4 nitrogen and oxygen atoms in total. The Morgan fingerprint density at radius 2 is 2.05 bits per heavy atom. The summed E-state index contributed by atoms with van der Waals surface area (Å²) in [6, 6.07) is 4.58. The number of aromatic hydroxyl groups is 1. The van der Waals surface area contributed by atoms with E-state index in [1.54, 1.807) is 6.07 Å². The predicted molar refractivity (Wildman–Crippen MR) is 68.1 cm³/mol. The van der Waals surface area contributed by atoms with Crippen LogP contribution in [0.25, 0.3) is 0 Å². The normalized spacial score (nSPS) is 28.7. The van der Waals surface area contributed by atoms with Gasteiger partial charge in [0.2, 0.25) is 11.6 Å². The molecule has 1 aromatic carbocycles. The minimum atomic E-state index is -0.504. The minimum Gasteiger partial charge on any atom is -0.508 e. The number of rotatable bonds is 0. The van der Waals surface area contributed by atoms with Gasteiger partial charge < -0.3 is 9.84 Å². The Bertz CT molecular complexity index is 574. The van der Waals surface area contributed by atoms with Gasteiger partial charge in [0.05, 0.1) is 17.6 Å². The highest BCUT2D eigenvalue weighted by atomic mass is 16.5.